The second kappa shape index (κ2) is 14.0. The van der Waals surface area contributed by atoms with E-state index in [1.807, 2.05) is 19.1 Å². The predicted octanol–water partition coefficient (Wildman–Crippen LogP) is 2.92. The smallest absolute Gasteiger partial charge is 0.305 e. The molecule has 1 rings (SSSR count). The number of hydrogen-bond donors (Lipinski definition) is 2. The highest BCUT2D eigenvalue weighted by molar-refractivity contribution is 5.79. The van der Waals surface area contributed by atoms with Crippen molar-refractivity contribution in [2.75, 3.05) is 33.9 Å². The first-order valence-electron chi connectivity index (χ1n) is 9.42. The number of guanidine groups is 1. The Morgan fingerprint density at radius 1 is 1.04 bits per heavy atom. The van der Waals surface area contributed by atoms with Crippen LogP contribution in [0.25, 0.3) is 0 Å². The standard InChI is InChI=1S/C20H33N3O3/c1-4-26-19(24)9-7-5-6-8-15-22-20(21-2)23-16-14-17-10-12-18(25-3)13-11-17/h10-13H,4-9,14-16H2,1-3H3,(H2,21,22,23). The fourth-order valence-electron chi connectivity index (χ4n) is 2.53. The van der Waals surface area contributed by atoms with Crippen LogP contribution >= 0.6 is 0 Å². The summed E-state index contributed by atoms with van der Waals surface area (Å²) in [7, 11) is 3.45. The number of rotatable bonds is 12. The van der Waals surface area contributed by atoms with Crippen LogP contribution in [0.1, 0.15) is 44.6 Å². The van der Waals surface area contributed by atoms with Gasteiger partial charge in [0.1, 0.15) is 5.75 Å². The summed E-state index contributed by atoms with van der Waals surface area (Å²) in [5, 5.41) is 6.65. The first kappa shape index (κ1) is 21.8. The average molecular weight is 364 g/mol. The number of nitrogens with one attached hydrogen (secondary N) is 2. The van der Waals surface area contributed by atoms with E-state index in [0.29, 0.717) is 13.0 Å². The Morgan fingerprint density at radius 2 is 1.73 bits per heavy atom. The normalized spacial score (nSPS) is 11.1. The number of nitrogens with zero attached hydrogens (tertiary/aromatic N) is 1. The van der Waals surface area contributed by atoms with Crippen molar-refractivity contribution in [2.45, 2.75) is 45.4 Å². The molecule has 0 saturated heterocycles. The zero-order chi connectivity index (χ0) is 19.0. The molecular formula is C20H33N3O3. The summed E-state index contributed by atoms with van der Waals surface area (Å²) in [6, 6.07) is 8.11. The van der Waals surface area contributed by atoms with Crippen molar-refractivity contribution in [3.05, 3.63) is 29.8 Å². The minimum atomic E-state index is -0.0907. The zero-order valence-electron chi connectivity index (χ0n) is 16.3. The van der Waals surface area contributed by atoms with Gasteiger partial charge in [0.05, 0.1) is 13.7 Å². The molecule has 0 saturated carbocycles. The predicted molar refractivity (Wildman–Crippen MR) is 106 cm³/mol. The number of aliphatic imine (C=N–C) groups is 1. The topological polar surface area (TPSA) is 72.0 Å². The molecule has 0 bridgehead atoms. The van der Waals surface area contributed by atoms with E-state index in [2.05, 4.69) is 27.8 Å². The highest BCUT2D eigenvalue weighted by Crippen LogP contribution is 2.11. The van der Waals surface area contributed by atoms with E-state index in [-0.39, 0.29) is 5.97 Å². The fraction of sp³-hybridized carbons (Fsp3) is 0.600. The molecule has 6 nitrogen and oxygen atoms in total. The van der Waals surface area contributed by atoms with E-state index >= 15 is 0 Å². The second-order valence-electron chi connectivity index (χ2n) is 5.99. The Kier molecular flexibility index (Phi) is 11.7. The first-order valence-corrected chi connectivity index (χ1v) is 9.42. The molecule has 6 heteroatoms. The average Bonchev–Trinajstić information content (AvgIpc) is 2.66. The quantitative estimate of drug-likeness (QED) is 0.259. The van der Waals surface area contributed by atoms with Gasteiger partial charge in [0.25, 0.3) is 0 Å². The van der Waals surface area contributed by atoms with Crippen molar-refractivity contribution in [3.63, 3.8) is 0 Å². The van der Waals surface area contributed by atoms with Crippen molar-refractivity contribution < 1.29 is 14.3 Å². The SMILES string of the molecule is CCOC(=O)CCCCCCNC(=NC)NCCc1ccc(OC)cc1. The van der Waals surface area contributed by atoms with Gasteiger partial charge in [-0.25, -0.2) is 0 Å². The third-order valence-corrected chi connectivity index (χ3v) is 3.99. The fourth-order valence-corrected chi connectivity index (χ4v) is 2.53. The Morgan fingerprint density at radius 3 is 2.38 bits per heavy atom. The summed E-state index contributed by atoms with van der Waals surface area (Å²) in [6.45, 7) is 4.00. The maximum absolute atomic E-state index is 11.2. The Labute approximate surface area is 157 Å². The lowest BCUT2D eigenvalue weighted by molar-refractivity contribution is -0.143. The van der Waals surface area contributed by atoms with Gasteiger partial charge < -0.3 is 20.1 Å². The Bertz CT molecular complexity index is 530. The molecule has 0 unspecified atom stereocenters. The minimum Gasteiger partial charge on any atom is -0.497 e. The van der Waals surface area contributed by atoms with Crippen molar-refractivity contribution in [1.29, 1.82) is 0 Å². The molecule has 1 aromatic rings. The first-order chi connectivity index (χ1) is 12.7. The number of benzene rings is 1. The van der Waals surface area contributed by atoms with Gasteiger partial charge in [0, 0.05) is 26.6 Å². The molecule has 0 heterocycles. The van der Waals surface area contributed by atoms with Crippen molar-refractivity contribution >= 4 is 11.9 Å². The molecule has 1 aromatic carbocycles. The summed E-state index contributed by atoms with van der Waals surface area (Å²) >= 11 is 0. The van der Waals surface area contributed by atoms with Crippen LogP contribution in [0, 0.1) is 0 Å². The van der Waals surface area contributed by atoms with Crippen LogP contribution < -0.4 is 15.4 Å². The van der Waals surface area contributed by atoms with Crippen LogP contribution in [0.15, 0.2) is 29.3 Å². The molecule has 0 fully saturated rings. The molecule has 0 aliphatic heterocycles. The monoisotopic (exact) mass is 363 g/mol. The van der Waals surface area contributed by atoms with Gasteiger partial charge in [-0.3, -0.25) is 9.79 Å². The molecule has 0 aliphatic rings. The van der Waals surface area contributed by atoms with Gasteiger partial charge in [-0.1, -0.05) is 25.0 Å². The Hall–Kier alpha value is -2.24. The van der Waals surface area contributed by atoms with Gasteiger partial charge in [0.15, 0.2) is 5.96 Å². The number of ether oxygens (including phenoxy) is 2. The molecule has 0 radical (unpaired) electrons. The third kappa shape index (κ3) is 9.91. The summed E-state index contributed by atoms with van der Waals surface area (Å²) in [5.41, 5.74) is 1.26. The highest BCUT2D eigenvalue weighted by atomic mass is 16.5. The lowest BCUT2D eigenvalue weighted by Gasteiger charge is -2.12. The maximum Gasteiger partial charge on any atom is 0.305 e. The molecule has 26 heavy (non-hydrogen) atoms. The van der Waals surface area contributed by atoms with Crippen LogP contribution in [0.2, 0.25) is 0 Å². The van der Waals surface area contributed by atoms with Crippen LogP contribution in [-0.4, -0.2) is 45.8 Å². The van der Waals surface area contributed by atoms with Gasteiger partial charge in [-0.15, -0.1) is 0 Å². The molecule has 0 spiro atoms. The molecule has 0 aliphatic carbocycles. The molecule has 2 N–H and O–H groups in total. The summed E-state index contributed by atoms with van der Waals surface area (Å²) in [4.78, 5) is 15.5. The van der Waals surface area contributed by atoms with Gasteiger partial charge in [-0.2, -0.15) is 0 Å². The van der Waals surface area contributed by atoms with Crippen molar-refractivity contribution in [1.82, 2.24) is 10.6 Å². The Balaban J connectivity index is 2.07. The van der Waals surface area contributed by atoms with Gasteiger partial charge >= 0.3 is 5.97 Å². The van der Waals surface area contributed by atoms with E-state index in [1.54, 1.807) is 14.2 Å². The second-order valence-corrected chi connectivity index (χ2v) is 5.99. The zero-order valence-corrected chi connectivity index (χ0v) is 16.3. The number of hydrogen-bond acceptors (Lipinski definition) is 4. The van der Waals surface area contributed by atoms with E-state index in [0.717, 1.165) is 56.9 Å². The van der Waals surface area contributed by atoms with Gasteiger partial charge in [-0.05, 0) is 43.9 Å². The highest BCUT2D eigenvalue weighted by Gasteiger charge is 2.01. The molecule has 0 aromatic heterocycles. The van der Waals surface area contributed by atoms with Crippen molar-refractivity contribution in [3.8, 4) is 5.75 Å². The lowest BCUT2D eigenvalue weighted by atomic mass is 10.1. The number of carbonyl (C=O) groups is 1. The van der Waals surface area contributed by atoms with E-state index in [4.69, 9.17) is 9.47 Å². The summed E-state index contributed by atoms with van der Waals surface area (Å²) in [6.07, 6.45) is 5.54. The maximum atomic E-state index is 11.2. The van der Waals surface area contributed by atoms with Crippen LogP contribution in [-0.2, 0) is 16.0 Å². The largest absolute Gasteiger partial charge is 0.497 e. The van der Waals surface area contributed by atoms with E-state index in [9.17, 15) is 4.79 Å². The molecule has 146 valence electrons. The van der Waals surface area contributed by atoms with E-state index < -0.39 is 0 Å². The van der Waals surface area contributed by atoms with Crippen molar-refractivity contribution in [2.24, 2.45) is 4.99 Å². The summed E-state index contributed by atoms with van der Waals surface area (Å²) in [5.74, 6) is 1.61. The van der Waals surface area contributed by atoms with Gasteiger partial charge in [0.2, 0.25) is 0 Å². The van der Waals surface area contributed by atoms with Crippen LogP contribution in [0.4, 0.5) is 0 Å². The third-order valence-electron chi connectivity index (χ3n) is 3.99. The number of methoxy groups -OCH3 is 1. The van der Waals surface area contributed by atoms with Crippen LogP contribution in [0.5, 0.6) is 5.75 Å². The summed E-state index contributed by atoms with van der Waals surface area (Å²) < 4.78 is 10.1. The molecule has 0 amide bonds. The molecular weight excluding hydrogens is 330 g/mol. The van der Waals surface area contributed by atoms with E-state index in [1.165, 1.54) is 5.56 Å². The van der Waals surface area contributed by atoms with Crippen LogP contribution in [0.3, 0.4) is 0 Å². The number of unbranched alkanes of at least 4 members (excludes halogenated alkanes) is 3. The number of esters is 1. The number of carbonyl (C=O) groups excluding carboxylic acids is 1. The minimum absolute atomic E-state index is 0.0907. The lowest BCUT2D eigenvalue weighted by Crippen LogP contribution is -2.38. The molecule has 0 atom stereocenters.